The molecule has 2 N–H and O–H groups in total. The molecule has 2 aromatic rings. The molecule has 0 aromatic heterocycles. The van der Waals surface area contributed by atoms with Crippen LogP contribution in [0.4, 0.5) is 5.69 Å². The van der Waals surface area contributed by atoms with E-state index in [9.17, 15) is 18.3 Å². The summed E-state index contributed by atoms with van der Waals surface area (Å²) in [5.74, 6) is -0.0189. The van der Waals surface area contributed by atoms with Crippen molar-refractivity contribution in [2.24, 2.45) is 5.10 Å². The van der Waals surface area contributed by atoms with Gasteiger partial charge in [0, 0.05) is 5.56 Å². The quantitative estimate of drug-likeness (QED) is 0.552. The number of hydrogen-bond acceptors (Lipinski definition) is 6. The zero-order chi connectivity index (χ0) is 20.0. The van der Waals surface area contributed by atoms with E-state index in [1.165, 1.54) is 13.2 Å². The van der Waals surface area contributed by atoms with Gasteiger partial charge in [0.15, 0.2) is 0 Å². The number of phenolic OH excluding ortho intramolecular Hbond substituents is 1. The van der Waals surface area contributed by atoms with Crippen molar-refractivity contribution in [1.29, 1.82) is 0 Å². The van der Waals surface area contributed by atoms with Crippen molar-refractivity contribution in [2.45, 2.75) is 6.92 Å². The Morgan fingerprint density at radius 3 is 2.37 bits per heavy atom. The van der Waals surface area contributed by atoms with E-state index in [2.05, 4.69) is 10.5 Å². The Balaban J connectivity index is 2.14. The minimum atomic E-state index is -3.69. The Morgan fingerprint density at radius 2 is 1.81 bits per heavy atom. The lowest BCUT2D eigenvalue weighted by molar-refractivity contribution is -0.119. The number of aromatic hydroxyl groups is 1. The lowest BCUT2D eigenvalue weighted by Crippen LogP contribution is -2.39. The summed E-state index contributed by atoms with van der Waals surface area (Å²) >= 11 is 0. The van der Waals surface area contributed by atoms with Crippen LogP contribution in [0, 0.1) is 0 Å². The summed E-state index contributed by atoms with van der Waals surface area (Å²) in [7, 11) is -2.19. The van der Waals surface area contributed by atoms with Crippen molar-refractivity contribution in [1.82, 2.24) is 5.43 Å². The second kappa shape index (κ2) is 8.54. The van der Waals surface area contributed by atoms with Crippen LogP contribution in [-0.2, 0) is 14.8 Å². The molecule has 0 saturated heterocycles. The lowest BCUT2D eigenvalue weighted by Gasteiger charge is -2.21. The maximum atomic E-state index is 12.2. The molecule has 0 aliphatic heterocycles. The molecule has 0 radical (unpaired) electrons. The number of anilines is 1. The van der Waals surface area contributed by atoms with E-state index in [4.69, 9.17) is 4.74 Å². The van der Waals surface area contributed by atoms with Gasteiger partial charge < -0.3 is 9.84 Å². The van der Waals surface area contributed by atoms with Gasteiger partial charge in [-0.05, 0) is 43.3 Å². The number of methoxy groups -OCH3 is 1. The third-order valence-electron chi connectivity index (χ3n) is 3.69. The minimum absolute atomic E-state index is 0.0315. The Bertz CT molecular complexity index is 940. The third-order valence-corrected chi connectivity index (χ3v) is 4.83. The van der Waals surface area contributed by atoms with E-state index in [1.807, 2.05) is 0 Å². The molecule has 0 saturated carbocycles. The van der Waals surface area contributed by atoms with Crippen molar-refractivity contribution in [3.8, 4) is 11.5 Å². The molecule has 0 unspecified atom stereocenters. The summed E-state index contributed by atoms with van der Waals surface area (Å²) in [6.07, 6.45) is 1.01. The minimum Gasteiger partial charge on any atom is -0.507 e. The normalized spacial score (nSPS) is 11.7. The first-order valence-corrected chi connectivity index (χ1v) is 9.80. The highest BCUT2D eigenvalue weighted by atomic mass is 32.2. The molecule has 144 valence electrons. The third kappa shape index (κ3) is 5.45. The van der Waals surface area contributed by atoms with Gasteiger partial charge in [0.05, 0.1) is 24.8 Å². The summed E-state index contributed by atoms with van der Waals surface area (Å²) in [6, 6.07) is 12.9. The van der Waals surface area contributed by atoms with Gasteiger partial charge in [-0.15, -0.1) is 0 Å². The molecule has 9 heteroatoms. The smallest absolute Gasteiger partial charge is 0.260 e. The molecule has 0 atom stereocenters. The Hall–Kier alpha value is -3.07. The molecule has 0 fully saturated rings. The van der Waals surface area contributed by atoms with Crippen LogP contribution in [0.5, 0.6) is 11.5 Å². The molecule has 0 bridgehead atoms. The summed E-state index contributed by atoms with van der Waals surface area (Å²) in [5.41, 5.74) is 3.49. The summed E-state index contributed by atoms with van der Waals surface area (Å²) in [6.45, 7) is 1.18. The van der Waals surface area contributed by atoms with Crippen LogP contribution in [0.2, 0.25) is 0 Å². The van der Waals surface area contributed by atoms with Gasteiger partial charge in [-0.2, -0.15) is 5.10 Å². The zero-order valence-electron chi connectivity index (χ0n) is 15.2. The Morgan fingerprint density at radius 1 is 1.19 bits per heavy atom. The average molecular weight is 391 g/mol. The molecule has 2 rings (SSSR count). The standard InChI is InChI=1S/C18H21N3O5S/c1-13(16-6-4-5-7-17(16)22)19-20-18(23)12-21(27(3,24)25)14-8-10-15(26-2)11-9-14/h4-11,22H,12H2,1-3H3,(H,20,23)/b19-13+. The van der Waals surface area contributed by atoms with Crippen LogP contribution in [-0.4, -0.2) is 45.1 Å². The van der Waals surface area contributed by atoms with Crippen LogP contribution in [0.25, 0.3) is 0 Å². The number of sulfonamides is 1. The van der Waals surface area contributed by atoms with Gasteiger partial charge in [-0.1, -0.05) is 12.1 Å². The van der Waals surface area contributed by atoms with Crippen molar-refractivity contribution in [2.75, 3.05) is 24.2 Å². The van der Waals surface area contributed by atoms with E-state index in [-0.39, 0.29) is 5.75 Å². The topological polar surface area (TPSA) is 108 Å². The zero-order valence-corrected chi connectivity index (χ0v) is 16.0. The van der Waals surface area contributed by atoms with Crippen LogP contribution in [0.15, 0.2) is 53.6 Å². The van der Waals surface area contributed by atoms with E-state index in [1.54, 1.807) is 49.4 Å². The number of carbonyl (C=O) groups is 1. The molecule has 0 aliphatic rings. The first-order chi connectivity index (χ1) is 12.7. The second-order valence-electron chi connectivity index (χ2n) is 5.72. The number of hydrazone groups is 1. The molecule has 0 aliphatic carbocycles. The van der Waals surface area contributed by atoms with Crippen molar-refractivity contribution in [3.05, 3.63) is 54.1 Å². The van der Waals surface area contributed by atoms with Crippen LogP contribution in [0.3, 0.4) is 0 Å². The average Bonchev–Trinajstić information content (AvgIpc) is 2.64. The monoisotopic (exact) mass is 391 g/mol. The maximum Gasteiger partial charge on any atom is 0.260 e. The SMILES string of the molecule is COc1ccc(N(CC(=O)N/N=C(\C)c2ccccc2O)S(C)(=O)=O)cc1. The fourth-order valence-electron chi connectivity index (χ4n) is 2.30. The predicted octanol–water partition coefficient (Wildman–Crippen LogP) is 1.71. The van der Waals surface area contributed by atoms with E-state index in [0.717, 1.165) is 10.6 Å². The van der Waals surface area contributed by atoms with E-state index >= 15 is 0 Å². The highest BCUT2D eigenvalue weighted by Crippen LogP contribution is 2.21. The largest absolute Gasteiger partial charge is 0.507 e. The molecule has 0 heterocycles. The number of phenols is 1. The molecule has 2 aromatic carbocycles. The fraction of sp³-hybridized carbons (Fsp3) is 0.222. The summed E-state index contributed by atoms with van der Waals surface area (Å²) in [5, 5.41) is 13.7. The number of nitrogens with one attached hydrogen (secondary N) is 1. The molecule has 0 spiro atoms. The predicted molar refractivity (Wildman–Crippen MR) is 104 cm³/mol. The number of amides is 1. The second-order valence-corrected chi connectivity index (χ2v) is 7.62. The maximum absolute atomic E-state index is 12.2. The molecule has 8 nitrogen and oxygen atoms in total. The number of hydrogen-bond donors (Lipinski definition) is 2. The number of rotatable bonds is 7. The molecular formula is C18H21N3O5S. The van der Waals surface area contributed by atoms with Gasteiger partial charge in [-0.3, -0.25) is 9.10 Å². The number of ether oxygens (including phenoxy) is 1. The molecule has 1 amide bonds. The number of para-hydroxylation sites is 1. The van der Waals surface area contributed by atoms with Crippen LogP contribution >= 0.6 is 0 Å². The van der Waals surface area contributed by atoms with Gasteiger partial charge >= 0.3 is 0 Å². The van der Waals surface area contributed by atoms with Crippen molar-refractivity contribution in [3.63, 3.8) is 0 Å². The Kier molecular flexibility index (Phi) is 6.40. The highest BCUT2D eigenvalue weighted by molar-refractivity contribution is 7.92. The summed E-state index contributed by atoms with van der Waals surface area (Å²) in [4.78, 5) is 12.2. The van der Waals surface area contributed by atoms with Gasteiger partial charge in [0.2, 0.25) is 10.0 Å². The van der Waals surface area contributed by atoms with Gasteiger partial charge in [0.1, 0.15) is 18.0 Å². The fourth-order valence-corrected chi connectivity index (χ4v) is 3.16. The number of benzene rings is 2. The molecule has 27 heavy (non-hydrogen) atoms. The Labute approximate surface area is 158 Å². The van der Waals surface area contributed by atoms with E-state index < -0.39 is 22.5 Å². The van der Waals surface area contributed by atoms with Crippen molar-refractivity contribution >= 4 is 27.3 Å². The van der Waals surface area contributed by atoms with Gasteiger partial charge in [-0.25, -0.2) is 13.8 Å². The van der Waals surface area contributed by atoms with Crippen LogP contribution in [0.1, 0.15) is 12.5 Å². The van der Waals surface area contributed by atoms with Crippen LogP contribution < -0.4 is 14.5 Å². The number of carbonyl (C=O) groups excluding carboxylic acids is 1. The molecular weight excluding hydrogens is 370 g/mol. The van der Waals surface area contributed by atoms with E-state index in [0.29, 0.717) is 22.7 Å². The van der Waals surface area contributed by atoms with Gasteiger partial charge in [0.25, 0.3) is 5.91 Å². The lowest BCUT2D eigenvalue weighted by atomic mass is 10.1. The first-order valence-electron chi connectivity index (χ1n) is 7.95. The summed E-state index contributed by atoms with van der Waals surface area (Å²) < 4.78 is 30.2. The number of nitrogens with zero attached hydrogens (tertiary/aromatic N) is 2. The first kappa shape index (κ1) is 20.2. The highest BCUT2D eigenvalue weighted by Gasteiger charge is 2.21. The van der Waals surface area contributed by atoms with Crippen molar-refractivity contribution < 1.29 is 23.1 Å².